The van der Waals surface area contributed by atoms with Gasteiger partial charge in [-0.15, -0.1) is 0 Å². The maximum Gasteiger partial charge on any atom is 0.341 e. The Kier molecular flexibility index (Phi) is 4.43. The zero-order valence-corrected chi connectivity index (χ0v) is 10.7. The number of anilines is 1. The maximum absolute atomic E-state index is 13.9. The number of hydrogen-bond donors (Lipinski definition) is 2. The number of benzene rings is 1. The molecule has 0 aliphatic carbocycles. The molecular weight excluding hydrogens is 282 g/mol. The van der Waals surface area contributed by atoms with Gasteiger partial charge in [-0.05, 0) is 18.6 Å². The third-order valence-electron chi connectivity index (χ3n) is 2.29. The molecule has 0 saturated carbocycles. The molecule has 106 valence electrons. The van der Waals surface area contributed by atoms with Gasteiger partial charge in [-0.2, -0.15) is 8.42 Å². The molecular formula is C10H12F2N2O4S. The first-order valence-corrected chi connectivity index (χ1v) is 6.72. The van der Waals surface area contributed by atoms with Gasteiger partial charge in [0.2, 0.25) is 0 Å². The van der Waals surface area contributed by atoms with Crippen LogP contribution in [0.25, 0.3) is 0 Å². The Morgan fingerprint density at radius 2 is 2.00 bits per heavy atom. The lowest BCUT2D eigenvalue weighted by Gasteiger charge is -2.22. The van der Waals surface area contributed by atoms with Crippen molar-refractivity contribution in [3.05, 3.63) is 29.3 Å². The second-order valence-corrected chi connectivity index (χ2v) is 5.15. The molecule has 0 fully saturated rings. The van der Waals surface area contributed by atoms with E-state index in [1.54, 1.807) is 6.92 Å². The van der Waals surface area contributed by atoms with E-state index < -0.39 is 39.1 Å². The fourth-order valence-corrected chi connectivity index (χ4v) is 2.37. The van der Waals surface area contributed by atoms with Gasteiger partial charge in [0, 0.05) is 6.54 Å². The molecule has 0 radical (unpaired) electrons. The monoisotopic (exact) mass is 294 g/mol. The number of nitrogens with zero attached hydrogens (tertiary/aromatic N) is 1. The first kappa shape index (κ1) is 15.3. The summed E-state index contributed by atoms with van der Waals surface area (Å²) in [6, 6.07) is 1.51. The van der Waals surface area contributed by atoms with Crippen LogP contribution >= 0.6 is 0 Å². The van der Waals surface area contributed by atoms with E-state index in [2.05, 4.69) is 0 Å². The summed E-state index contributed by atoms with van der Waals surface area (Å²) >= 11 is 0. The Morgan fingerprint density at radius 3 is 2.42 bits per heavy atom. The average molecular weight is 294 g/mol. The fourth-order valence-electron chi connectivity index (χ4n) is 1.52. The highest BCUT2D eigenvalue weighted by Gasteiger charge is 2.26. The fraction of sp³-hybridized carbons (Fsp3) is 0.300. The lowest BCUT2D eigenvalue weighted by Crippen LogP contribution is -2.38. The molecule has 0 amide bonds. The highest BCUT2D eigenvalue weighted by Crippen LogP contribution is 2.26. The smallest absolute Gasteiger partial charge is 0.341 e. The van der Waals surface area contributed by atoms with Crippen LogP contribution < -0.4 is 9.44 Å². The quantitative estimate of drug-likeness (QED) is 0.848. The second-order valence-electron chi connectivity index (χ2n) is 3.68. The minimum absolute atomic E-state index is 0.152. The first-order chi connectivity index (χ1) is 8.70. The number of nitrogens with two attached hydrogens (primary N) is 1. The predicted molar refractivity (Wildman–Crippen MR) is 64.1 cm³/mol. The largest absolute Gasteiger partial charge is 0.477 e. The normalized spacial score (nSPS) is 11.4. The number of rotatable bonds is 5. The molecule has 0 heterocycles. The Labute approximate surface area is 108 Å². The number of hydrogen-bond acceptors (Lipinski definition) is 3. The van der Waals surface area contributed by atoms with E-state index in [1.807, 2.05) is 0 Å². The number of carbonyl (C=O) groups is 1. The molecule has 0 aliphatic heterocycles. The number of carboxylic acid groups (broad SMARTS) is 1. The lowest BCUT2D eigenvalue weighted by molar-refractivity contribution is 0.0686. The van der Waals surface area contributed by atoms with E-state index in [0.717, 1.165) is 6.07 Å². The summed E-state index contributed by atoms with van der Waals surface area (Å²) in [5, 5.41) is 13.6. The molecule has 0 bridgehead atoms. The van der Waals surface area contributed by atoms with Crippen LogP contribution in [0.2, 0.25) is 0 Å². The van der Waals surface area contributed by atoms with Crippen molar-refractivity contribution < 1.29 is 27.1 Å². The Bertz CT molecular complexity index is 604. The van der Waals surface area contributed by atoms with Crippen molar-refractivity contribution in [2.24, 2.45) is 5.14 Å². The molecule has 1 aromatic rings. The first-order valence-electron chi connectivity index (χ1n) is 5.21. The van der Waals surface area contributed by atoms with Crippen LogP contribution in [0.15, 0.2) is 12.1 Å². The van der Waals surface area contributed by atoms with Crippen LogP contribution in [0.1, 0.15) is 23.7 Å². The summed E-state index contributed by atoms with van der Waals surface area (Å²) in [6.07, 6.45) is 0.315. The second kappa shape index (κ2) is 5.49. The van der Waals surface area contributed by atoms with Crippen molar-refractivity contribution in [1.29, 1.82) is 0 Å². The van der Waals surface area contributed by atoms with E-state index in [9.17, 15) is 22.0 Å². The van der Waals surface area contributed by atoms with E-state index >= 15 is 0 Å². The third-order valence-corrected chi connectivity index (χ3v) is 3.28. The van der Waals surface area contributed by atoms with Crippen LogP contribution in [0.4, 0.5) is 14.5 Å². The third kappa shape index (κ3) is 3.18. The van der Waals surface area contributed by atoms with Gasteiger partial charge in [-0.1, -0.05) is 6.92 Å². The van der Waals surface area contributed by atoms with Gasteiger partial charge in [-0.25, -0.2) is 18.7 Å². The van der Waals surface area contributed by atoms with Crippen molar-refractivity contribution in [2.45, 2.75) is 13.3 Å². The van der Waals surface area contributed by atoms with Crippen molar-refractivity contribution in [2.75, 3.05) is 10.8 Å². The van der Waals surface area contributed by atoms with Crippen molar-refractivity contribution in [1.82, 2.24) is 0 Å². The zero-order valence-electron chi connectivity index (χ0n) is 9.93. The maximum atomic E-state index is 13.9. The topological polar surface area (TPSA) is 101 Å². The Morgan fingerprint density at radius 1 is 1.42 bits per heavy atom. The minimum Gasteiger partial charge on any atom is -0.477 e. The Balaban J connectivity index is 3.50. The summed E-state index contributed by atoms with van der Waals surface area (Å²) in [7, 11) is -4.28. The molecule has 0 saturated heterocycles. The standard InChI is InChI=1S/C10H12F2N2O4S/c1-2-5-14(19(13,17)18)7-4-3-6(11)8(9(7)12)10(15)16/h3-4H,2,5H2,1H3,(H,15,16)(H2,13,17,18). The summed E-state index contributed by atoms with van der Waals surface area (Å²) in [6.45, 7) is 1.47. The summed E-state index contributed by atoms with van der Waals surface area (Å²) < 4.78 is 50.3. The summed E-state index contributed by atoms with van der Waals surface area (Å²) in [4.78, 5) is 10.7. The molecule has 0 aliphatic rings. The van der Waals surface area contributed by atoms with Crippen molar-refractivity contribution in [3.8, 4) is 0 Å². The van der Waals surface area contributed by atoms with E-state index in [-0.39, 0.29) is 6.54 Å². The molecule has 9 heteroatoms. The molecule has 3 N–H and O–H groups in total. The minimum atomic E-state index is -4.28. The van der Waals surface area contributed by atoms with E-state index in [1.165, 1.54) is 0 Å². The molecule has 0 atom stereocenters. The molecule has 1 rings (SSSR count). The number of aromatic carboxylic acids is 1. The molecule has 0 spiro atoms. The average Bonchev–Trinajstić information content (AvgIpc) is 2.25. The van der Waals surface area contributed by atoms with Gasteiger partial charge in [-0.3, -0.25) is 4.31 Å². The number of carboxylic acids is 1. The van der Waals surface area contributed by atoms with Gasteiger partial charge >= 0.3 is 5.97 Å². The SMILES string of the molecule is CCCN(c1ccc(F)c(C(=O)O)c1F)S(N)(=O)=O. The summed E-state index contributed by atoms with van der Waals surface area (Å²) in [5.74, 6) is -4.60. The van der Waals surface area contributed by atoms with Gasteiger partial charge in [0.1, 0.15) is 11.4 Å². The van der Waals surface area contributed by atoms with E-state index in [0.29, 0.717) is 16.8 Å². The van der Waals surface area contributed by atoms with E-state index in [4.69, 9.17) is 10.2 Å². The van der Waals surface area contributed by atoms with Gasteiger partial charge in [0.25, 0.3) is 10.2 Å². The molecule has 6 nitrogen and oxygen atoms in total. The molecule has 19 heavy (non-hydrogen) atoms. The molecule has 0 aromatic heterocycles. The highest BCUT2D eigenvalue weighted by molar-refractivity contribution is 7.90. The van der Waals surface area contributed by atoms with Crippen LogP contribution in [0.3, 0.4) is 0 Å². The van der Waals surface area contributed by atoms with Gasteiger partial charge < -0.3 is 5.11 Å². The molecule has 0 unspecified atom stereocenters. The van der Waals surface area contributed by atoms with Crippen LogP contribution in [0, 0.1) is 11.6 Å². The highest BCUT2D eigenvalue weighted by atomic mass is 32.2. The van der Waals surface area contributed by atoms with Crippen molar-refractivity contribution >= 4 is 21.9 Å². The zero-order chi connectivity index (χ0) is 14.8. The lowest BCUT2D eigenvalue weighted by atomic mass is 10.1. The van der Waals surface area contributed by atoms with Crippen LogP contribution in [0.5, 0.6) is 0 Å². The van der Waals surface area contributed by atoms with Crippen LogP contribution in [-0.2, 0) is 10.2 Å². The summed E-state index contributed by atoms with van der Waals surface area (Å²) in [5.41, 5.74) is -1.81. The van der Waals surface area contributed by atoms with Gasteiger partial charge in [0.15, 0.2) is 5.82 Å². The molecule has 1 aromatic carbocycles. The van der Waals surface area contributed by atoms with Crippen molar-refractivity contribution in [3.63, 3.8) is 0 Å². The predicted octanol–water partition coefficient (Wildman–Crippen LogP) is 1.08. The number of halogens is 2. The van der Waals surface area contributed by atoms with Crippen LogP contribution in [-0.4, -0.2) is 26.0 Å². The van der Waals surface area contributed by atoms with Gasteiger partial charge in [0.05, 0.1) is 5.69 Å². The Hall–Kier alpha value is -1.74.